The highest BCUT2D eigenvalue weighted by Gasteiger charge is 2.16. The van der Waals surface area contributed by atoms with Crippen molar-refractivity contribution in [3.63, 3.8) is 0 Å². The van der Waals surface area contributed by atoms with Crippen molar-refractivity contribution in [1.29, 1.82) is 0 Å². The van der Waals surface area contributed by atoms with Gasteiger partial charge in [-0.2, -0.15) is 0 Å². The van der Waals surface area contributed by atoms with E-state index < -0.39 is 17.9 Å². The molecule has 0 aromatic rings. The van der Waals surface area contributed by atoms with E-state index in [1.54, 1.807) is 0 Å². The fraction of sp³-hybridized carbons (Fsp3) is 0.889. The van der Waals surface area contributed by atoms with E-state index in [9.17, 15) is 14.7 Å². The number of aliphatic hydroxyl groups excluding tert-OH is 1. The molecule has 0 aromatic heterocycles. The van der Waals surface area contributed by atoms with Gasteiger partial charge < -0.3 is 10.2 Å². The van der Waals surface area contributed by atoms with E-state index in [-0.39, 0.29) is 6.42 Å². The lowest BCUT2D eigenvalue weighted by molar-refractivity contribution is -0.150. The van der Waals surface area contributed by atoms with Gasteiger partial charge in [0, 0.05) is 6.42 Å². The molecule has 4 heteroatoms. The van der Waals surface area contributed by atoms with Crippen molar-refractivity contribution in [2.75, 3.05) is 0 Å². The highest BCUT2D eigenvalue weighted by Crippen LogP contribution is 2.13. The Labute approximate surface area is 135 Å². The van der Waals surface area contributed by atoms with E-state index in [0.29, 0.717) is 6.42 Å². The standard InChI is InChI=1S/C18H34O4/c1-2-3-4-5-6-7-8-9-10-11-12-13-14-16(19)15-17(20)18(21)22/h16,19H,2-15H2,1H3,(H,21,22). The molecule has 0 aliphatic heterocycles. The largest absolute Gasteiger partial charge is 0.475 e. The minimum absolute atomic E-state index is 0.257. The Kier molecular flexibility index (Phi) is 14.4. The zero-order valence-corrected chi connectivity index (χ0v) is 14.2. The first-order valence-corrected chi connectivity index (χ1v) is 9.02. The lowest BCUT2D eigenvalue weighted by atomic mass is 10.0. The molecule has 0 aliphatic carbocycles. The van der Waals surface area contributed by atoms with Crippen molar-refractivity contribution in [1.82, 2.24) is 0 Å². The van der Waals surface area contributed by atoms with Crippen LogP contribution in [0, 0.1) is 0 Å². The maximum absolute atomic E-state index is 10.9. The van der Waals surface area contributed by atoms with Gasteiger partial charge in [-0.15, -0.1) is 0 Å². The molecule has 0 saturated carbocycles. The number of rotatable bonds is 16. The molecular weight excluding hydrogens is 280 g/mol. The molecule has 0 spiro atoms. The topological polar surface area (TPSA) is 74.6 Å². The summed E-state index contributed by atoms with van der Waals surface area (Å²) in [5.74, 6) is -2.35. The molecule has 0 bridgehead atoms. The van der Waals surface area contributed by atoms with Crippen LogP contribution in [-0.2, 0) is 9.59 Å². The van der Waals surface area contributed by atoms with Gasteiger partial charge in [-0.3, -0.25) is 4.79 Å². The van der Waals surface area contributed by atoms with Crippen molar-refractivity contribution in [2.24, 2.45) is 0 Å². The molecule has 0 heterocycles. The van der Waals surface area contributed by atoms with Gasteiger partial charge in [0.2, 0.25) is 5.78 Å². The molecule has 0 amide bonds. The molecule has 0 rings (SSSR count). The number of unbranched alkanes of at least 4 members (excludes halogenated alkanes) is 11. The highest BCUT2D eigenvalue weighted by atomic mass is 16.4. The van der Waals surface area contributed by atoms with Crippen LogP contribution in [0.15, 0.2) is 0 Å². The lowest BCUT2D eigenvalue weighted by Crippen LogP contribution is -2.20. The molecular formula is C18H34O4. The van der Waals surface area contributed by atoms with Crippen molar-refractivity contribution >= 4 is 11.8 Å². The fourth-order valence-electron chi connectivity index (χ4n) is 2.62. The van der Waals surface area contributed by atoms with Crippen LogP contribution in [0.2, 0.25) is 0 Å². The number of carbonyl (C=O) groups excluding carboxylic acids is 1. The van der Waals surface area contributed by atoms with Crippen LogP contribution in [-0.4, -0.2) is 28.1 Å². The Morgan fingerprint density at radius 3 is 1.59 bits per heavy atom. The smallest absolute Gasteiger partial charge is 0.372 e. The van der Waals surface area contributed by atoms with Crippen LogP contribution >= 0.6 is 0 Å². The third-order valence-electron chi connectivity index (χ3n) is 4.05. The van der Waals surface area contributed by atoms with Gasteiger partial charge in [0.15, 0.2) is 0 Å². The molecule has 0 saturated heterocycles. The number of aliphatic hydroxyl groups is 1. The van der Waals surface area contributed by atoms with Crippen molar-refractivity contribution in [3.05, 3.63) is 0 Å². The molecule has 0 radical (unpaired) electrons. The highest BCUT2D eigenvalue weighted by molar-refractivity contribution is 6.32. The molecule has 4 nitrogen and oxygen atoms in total. The lowest BCUT2D eigenvalue weighted by Gasteiger charge is -2.08. The number of aliphatic carboxylic acids is 1. The predicted octanol–water partition coefficient (Wildman–Crippen LogP) is 4.48. The number of carboxylic acids is 1. The third-order valence-corrected chi connectivity index (χ3v) is 4.05. The zero-order chi connectivity index (χ0) is 16.6. The summed E-state index contributed by atoms with van der Waals surface area (Å²) in [5.41, 5.74) is 0. The van der Waals surface area contributed by atoms with Crippen LogP contribution < -0.4 is 0 Å². The minimum atomic E-state index is -1.45. The zero-order valence-electron chi connectivity index (χ0n) is 14.2. The summed E-state index contributed by atoms with van der Waals surface area (Å²) in [6.07, 6.45) is 14.5. The number of Topliss-reactive ketones (excluding diaryl/α,β-unsaturated/α-hetero) is 1. The van der Waals surface area contributed by atoms with Crippen molar-refractivity contribution in [2.45, 2.75) is 103 Å². The first-order valence-electron chi connectivity index (χ1n) is 9.02. The van der Waals surface area contributed by atoms with E-state index >= 15 is 0 Å². The summed E-state index contributed by atoms with van der Waals surface area (Å²) in [7, 11) is 0. The third kappa shape index (κ3) is 14.1. The van der Waals surface area contributed by atoms with E-state index in [0.717, 1.165) is 19.3 Å². The Hall–Kier alpha value is -0.900. The maximum Gasteiger partial charge on any atom is 0.372 e. The Bertz CT molecular complexity index is 289. The van der Waals surface area contributed by atoms with Gasteiger partial charge in [-0.25, -0.2) is 4.79 Å². The summed E-state index contributed by atoms with van der Waals surface area (Å²) in [6, 6.07) is 0. The second-order valence-electron chi connectivity index (χ2n) is 6.26. The molecule has 0 aromatic carbocycles. The molecule has 1 unspecified atom stereocenters. The molecule has 0 aliphatic rings. The van der Waals surface area contributed by atoms with Crippen LogP contribution in [0.3, 0.4) is 0 Å². The number of ketones is 1. The fourth-order valence-corrected chi connectivity index (χ4v) is 2.62. The molecule has 1 atom stereocenters. The van der Waals surface area contributed by atoms with E-state index in [1.807, 2.05) is 0 Å². The van der Waals surface area contributed by atoms with E-state index in [4.69, 9.17) is 5.11 Å². The molecule has 0 fully saturated rings. The monoisotopic (exact) mass is 314 g/mol. The average Bonchev–Trinajstić information content (AvgIpc) is 2.48. The Morgan fingerprint density at radius 2 is 1.18 bits per heavy atom. The Balaban J connectivity index is 3.23. The Morgan fingerprint density at radius 1 is 0.773 bits per heavy atom. The van der Waals surface area contributed by atoms with Gasteiger partial charge in [0.1, 0.15) is 0 Å². The summed E-state index contributed by atoms with van der Waals surface area (Å²) in [5, 5.41) is 18.0. The second kappa shape index (κ2) is 15.0. The summed E-state index contributed by atoms with van der Waals surface area (Å²) in [4.78, 5) is 21.3. The summed E-state index contributed by atoms with van der Waals surface area (Å²) in [6.45, 7) is 2.24. The minimum Gasteiger partial charge on any atom is -0.475 e. The van der Waals surface area contributed by atoms with Crippen LogP contribution in [0.5, 0.6) is 0 Å². The number of carboxylic acid groups (broad SMARTS) is 1. The molecule has 130 valence electrons. The molecule has 2 N–H and O–H groups in total. The van der Waals surface area contributed by atoms with Gasteiger partial charge >= 0.3 is 5.97 Å². The average molecular weight is 314 g/mol. The van der Waals surface area contributed by atoms with Crippen LogP contribution in [0.1, 0.15) is 96.8 Å². The van der Waals surface area contributed by atoms with Gasteiger partial charge in [0.05, 0.1) is 6.10 Å². The van der Waals surface area contributed by atoms with Gasteiger partial charge in [-0.05, 0) is 6.42 Å². The van der Waals surface area contributed by atoms with E-state index in [1.165, 1.54) is 57.8 Å². The van der Waals surface area contributed by atoms with Gasteiger partial charge in [0.25, 0.3) is 0 Å². The number of carbonyl (C=O) groups is 2. The van der Waals surface area contributed by atoms with Crippen LogP contribution in [0.4, 0.5) is 0 Å². The van der Waals surface area contributed by atoms with Gasteiger partial charge in [-0.1, -0.05) is 84.0 Å². The van der Waals surface area contributed by atoms with Crippen LogP contribution in [0.25, 0.3) is 0 Å². The van der Waals surface area contributed by atoms with E-state index in [2.05, 4.69) is 6.92 Å². The SMILES string of the molecule is CCCCCCCCCCCCCCC(O)CC(=O)C(=O)O. The summed E-state index contributed by atoms with van der Waals surface area (Å²) < 4.78 is 0. The maximum atomic E-state index is 10.9. The van der Waals surface area contributed by atoms with Crippen molar-refractivity contribution in [3.8, 4) is 0 Å². The predicted molar refractivity (Wildman–Crippen MR) is 89.0 cm³/mol. The quantitative estimate of drug-likeness (QED) is 0.325. The first-order chi connectivity index (χ1) is 10.6. The normalized spacial score (nSPS) is 12.3. The first kappa shape index (κ1) is 21.1. The number of hydrogen-bond acceptors (Lipinski definition) is 3. The summed E-state index contributed by atoms with van der Waals surface area (Å²) >= 11 is 0. The number of hydrogen-bond donors (Lipinski definition) is 2. The second-order valence-corrected chi connectivity index (χ2v) is 6.26. The molecule has 22 heavy (non-hydrogen) atoms. The van der Waals surface area contributed by atoms with Crippen molar-refractivity contribution < 1.29 is 19.8 Å².